The van der Waals surface area contributed by atoms with Gasteiger partial charge >= 0.3 is 6.18 Å². The highest BCUT2D eigenvalue weighted by molar-refractivity contribution is 5.30. The van der Waals surface area contributed by atoms with Crippen molar-refractivity contribution in [2.24, 2.45) is 0 Å². The van der Waals surface area contributed by atoms with Crippen LogP contribution in [0.15, 0.2) is 30.3 Å². The molecule has 78 valence electrons. The molecule has 0 unspecified atom stereocenters. The molecule has 7 heteroatoms. The predicted octanol–water partition coefficient (Wildman–Crippen LogP) is 1.68. The van der Waals surface area contributed by atoms with Gasteiger partial charge in [-0.05, 0) is 22.6 Å². The van der Waals surface area contributed by atoms with Crippen LogP contribution in [0.25, 0.3) is 5.69 Å². The molecule has 0 aliphatic rings. The van der Waals surface area contributed by atoms with Crippen LogP contribution in [0.2, 0.25) is 0 Å². The molecular formula is C8H5F3N4. The van der Waals surface area contributed by atoms with Crippen molar-refractivity contribution in [2.75, 3.05) is 0 Å². The van der Waals surface area contributed by atoms with Gasteiger partial charge in [-0.3, -0.25) is 0 Å². The van der Waals surface area contributed by atoms with Crippen LogP contribution < -0.4 is 0 Å². The van der Waals surface area contributed by atoms with E-state index in [1.54, 1.807) is 18.2 Å². The first kappa shape index (κ1) is 9.63. The van der Waals surface area contributed by atoms with E-state index in [0.29, 0.717) is 4.68 Å². The third-order valence-electron chi connectivity index (χ3n) is 1.72. The van der Waals surface area contributed by atoms with Gasteiger partial charge in [0.25, 0.3) is 5.82 Å². The number of rotatable bonds is 1. The minimum absolute atomic E-state index is 0.273. The SMILES string of the molecule is FC(F)(F)c1nnnn1-c1ccccc1. The van der Waals surface area contributed by atoms with Crippen molar-refractivity contribution in [1.29, 1.82) is 0 Å². The Morgan fingerprint density at radius 2 is 1.73 bits per heavy atom. The molecule has 0 saturated heterocycles. The second-order valence-corrected chi connectivity index (χ2v) is 2.75. The Labute approximate surface area is 82.3 Å². The fourth-order valence-electron chi connectivity index (χ4n) is 1.11. The predicted molar refractivity (Wildman–Crippen MR) is 44.2 cm³/mol. The molecule has 2 rings (SSSR count). The lowest BCUT2D eigenvalue weighted by Crippen LogP contribution is -2.14. The first-order valence-electron chi connectivity index (χ1n) is 4.00. The molecule has 0 radical (unpaired) electrons. The largest absolute Gasteiger partial charge is 0.453 e. The Morgan fingerprint density at radius 1 is 1.07 bits per heavy atom. The number of tetrazole rings is 1. The second kappa shape index (κ2) is 3.34. The number of alkyl halides is 3. The van der Waals surface area contributed by atoms with Crippen LogP contribution >= 0.6 is 0 Å². The minimum Gasteiger partial charge on any atom is -0.189 e. The normalized spacial score (nSPS) is 11.7. The molecule has 1 heterocycles. The zero-order valence-corrected chi connectivity index (χ0v) is 7.31. The van der Waals surface area contributed by atoms with E-state index in [4.69, 9.17) is 0 Å². The monoisotopic (exact) mass is 214 g/mol. The van der Waals surface area contributed by atoms with E-state index < -0.39 is 12.0 Å². The molecule has 0 atom stereocenters. The standard InChI is InChI=1S/C8H5F3N4/c9-8(10,11)7-12-13-14-15(7)6-4-2-1-3-5-6/h1-5H. The molecule has 0 saturated carbocycles. The summed E-state index contributed by atoms with van der Waals surface area (Å²) in [6.45, 7) is 0. The lowest BCUT2D eigenvalue weighted by Gasteiger charge is -2.06. The zero-order valence-electron chi connectivity index (χ0n) is 7.31. The van der Waals surface area contributed by atoms with E-state index >= 15 is 0 Å². The summed E-state index contributed by atoms with van der Waals surface area (Å²) in [6.07, 6.45) is -4.56. The van der Waals surface area contributed by atoms with Gasteiger partial charge in [0, 0.05) is 0 Å². The van der Waals surface area contributed by atoms with Crippen molar-refractivity contribution in [3.63, 3.8) is 0 Å². The topological polar surface area (TPSA) is 43.6 Å². The Balaban J connectivity index is 2.51. The summed E-state index contributed by atoms with van der Waals surface area (Å²) >= 11 is 0. The van der Waals surface area contributed by atoms with Gasteiger partial charge in [0.1, 0.15) is 0 Å². The highest BCUT2D eigenvalue weighted by Crippen LogP contribution is 2.27. The van der Waals surface area contributed by atoms with Crippen LogP contribution in [0.3, 0.4) is 0 Å². The van der Waals surface area contributed by atoms with E-state index in [0.717, 1.165) is 0 Å². The quantitative estimate of drug-likeness (QED) is 0.725. The van der Waals surface area contributed by atoms with Gasteiger partial charge in [-0.2, -0.15) is 17.9 Å². The fourth-order valence-corrected chi connectivity index (χ4v) is 1.11. The van der Waals surface area contributed by atoms with Crippen molar-refractivity contribution in [3.8, 4) is 5.69 Å². The van der Waals surface area contributed by atoms with Crippen molar-refractivity contribution < 1.29 is 13.2 Å². The molecule has 2 aromatic rings. The Bertz CT molecular complexity index is 448. The van der Waals surface area contributed by atoms with E-state index in [9.17, 15) is 13.2 Å². The molecule has 0 aliphatic carbocycles. The highest BCUT2D eigenvalue weighted by atomic mass is 19.4. The summed E-state index contributed by atoms with van der Waals surface area (Å²) in [5, 5.41) is 9.24. The van der Waals surface area contributed by atoms with Crippen LogP contribution in [-0.2, 0) is 6.18 Å². The summed E-state index contributed by atoms with van der Waals surface area (Å²) in [7, 11) is 0. The van der Waals surface area contributed by atoms with Gasteiger partial charge in [0.05, 0.1) is 5.69 Å². The molecular weight excluding hydrogens is 209 g/mol. The summed E-state index contributed by atoms with van der Waals surface area (Å²) in [5.41, 5.74) is 0.273. The molecule has 0 amide bonds. The Hall–Kier alpha value is -1.92. The average Bonchev–Trinajstić information content (AvgIpc) is 2.67. The molecule has 1 aromatic heterocycles. The molecule has 0 aliphatic heterocycles. The maximum Gasteiger partial charge on any atom is 0.453 e. The highest BCUT2D eigenvalue weighted by Gasteiger charge is 2.38. The maximum absolute atomic E-state index is 12.4. The van der Waals surface area contributed by atoms with Crippen LogP contribution in [0, 0.1) is 0 Å². The summed E-state index contributed by atoms with van der Waals surface area (Å²) in [4.78, 5) is 0. The van der Waals surface area contributed by atoms with Gasteiger partial charge in [-0.25, -0.2) is 0 Å². The van der Waals surface area contributed by atoms with Crippen molar-refractivity contribution in [3.05, 3.63) is 36.2 Å². The number of hydrogen-bond donors (Lipinski definition) is 0. The summed E-state index contributed by atoms with van der Waals surface area (Å²) < 4.78 is 37.9. The molecule has 0 N–H and O–H groups in total. The molecule has 0 bridgehead atoms. The van der Waals surface area contributed by atoms with Gasteiger partial charge in [0.15, 0.2) is 0 Å². The number of nitrogens with zero attached hydrogens (tertiary/aromatic N) is 4. The lowest BCUT2D eigenvalue weighted by molar-refractivity contribution is -0.146. The van der Waals surface area contributed by atoms with Crippen molar-refractivity contribution in [1.82, 2.24) is 20.2 Å². The number of benzene rings is 1. The smallest absolute Gasteiger partial charge is 0.189 e. The maximum atomic E-state index is 12.4. The fraction of sp³-hybridized carbons (Fsp3) is 0.125. The van der Waals surface area contributed by atoms with Gasteiger partial charge in [-0.15, -0.1) is 5.10 Å². The number of hydrogen-bond acceptors (Lipinski definition) is 3. The number of halogens is 3. The lowest BCUT2D eigenvalue weighted by atomic mass is 10.3. The third-order valence-corrected chi connectivity index (χ3v) is 1.72. The third kappa shape index (κ3) is 1.80. The van der Waals surface area contributed by atoms with E-state index in [-0.39, 0.29) is 5.69 Å². The first-order chi connectivity index (χ1) is 7.09. The van der Waals surface area contributed by atoms with Crippen LogP contribution in [0.4, 0.5) is 13.2 Å². The molecule has 15 heavy (non-hydrogen) atoms. The molecule has 1 aromatic carbocycles. The zero-order chi connectivity index (χ0) is 10.9. The first-order valence-corrected chi connectivity index (χ1v) is 4.00. The summed E-state index contributed by atoms with van der Waals surface area (Å²) in [5.74, 6) is -1.13. The van der Waals surface area contributed by atoms with Crippen LogP contribution in [0.1, 0.15) is 5.82 Å². The number of para-hydroxylation sites is 1. The van der Waals surface area contributed by atoms with E-state index in [1.165, 1.54) is 12.1 Å². The van der Waals surface area contributed by atoms with Crippen molar-refractivity contribution >= 4 is 0 Å². The van der Waals surface area contributed by atoms with Crippen LogP contribution in [0.5, 0.6) is 0 Å². The second-order valence-electron chi connectivity index (χ2n) is 2.75. The Kier molecular flexibility index (Phi) is 2.14. The van der Waals surface area contributed by atoms with Crippen LogP contribution in [-0.4, -0.2) is 20.2 Å². The molecule has 4 nitrogen and oxygen atoms in total. The van der Waals surface area contributed by atoms with Gasteiger partial charge in [0.2, 0.25) is 0 Å². The number of aromatic nitrogens is 4. The van der Waals surface area contributed by atoms with E-state index in [2.05, 4.69) is 15.5 Å². The Morgan fingerprint density at radius 3 is 2.33 bits per heavy atom. The molecule has 0 spiro atoms. The van der Waals surface area contributed by atoms with Gasteiger partial charge < -0.3 is 0 Å². The minimum atomic E-state index is -4.56. The van der Waals surface area contributed by atoms with E-state index in [1.807, 2.05) is 0 Å². The van der Waals surface area contributed by atoms with Crippen molar-refractivity contribution in [2.45, 2.75) is 6.18 Å². The molecule has 0 fully saturated rings. The summed E-state index contributed by atoms with van der Waals surface area (Å²) in [6, 6.07) is 7.90. The average molecular weight is 214 g/mol. The van der Waals surface area contributed by atoms with Gasteiger partial charge in [-0.1, -0.05) is 18.2 Å².